The summed E-state index contributed by atoms with van der Waals surface area (Å²) in [7, 11) is -3.56. The number of sulfonamides is 1. The fourth-order valence-electron chi connectivity index (χ4n) is 1.45. The first-order valence-corrected chi connectivity index (χ1v) is 7.67. The van der Waals surface area contributed by atoms with Gasteiger partial charge >= 0.3 is 0 Å². The van der Waals surface area contributed by atoms with Crippen LogP contribution in [0.5, 0.6) is 0 Å². The van der Waals surface area contributed by atoms with E-state index in [0.29, 0.717) is 11.3 Å². The molecule has 0 saturated carbocycles. The number of hydrogen-bond acceptors (Lipinski definition) is 4. The highest BCUT2D eigenvalue weighted by Gasteiger charge is 2.38. The fourth-order valence-corrected chi connectivity index (χ4v) is 3.17. The number of anilines is 1. The Balaban J connectivity index is 2.89. The topological polar surface area (TPSA) is 92.4 Å². The minimum atomic E-state index is -3.56. The Morgan fingerprint density at radius 3 is 2.32 bits per heavy atom. The van der Waals surface area contributed by atoms with Crippen molar-refractivity contribution >= 4 is 15.7 Å². The lowest BCUT2D eigenvalue weighted by Gasteiger charge is -2.37. The first-order chi connectivity index (χ1) is 8.43. The van der Waals surface area contributed by atoms with Crippen LogP contribution in [0.25, 0.3) is 0 Å². The summed E-state index contributed by atoms with van der Waals surface area (Å²) in [5.74, 6) is -0.169. The van der Waals surface area contributed by atoms with Gasteiger partial charge in [0.1, 0.15) is 0 Å². The van der Waals surface area contributed by atoms with Crippen molar-refractivity contribution in [2.24, 2.45) is 0 Å². The number of hydrogen-bond donors (Lipinski definition) is 3. The minimum absolute atomic E-state index is 0.169. The van der Waals surface area contributed by atoms with Crippen molar-refractivity contribution in [3.05, 3.63) is 29.8 Å². The Kier molecular flexibility index (Phi) is 4.29. The second-order valence-corrected chi connectivity index (χ2v) is 7.51. The molecule has 0 aliphatic carbocycles. The van der Waals surface area contributed by atoms with Crippen molar-refractivity contribution in [1.82, 2.24) is 4.72 Å². The lowest BCUT2D eigenvalue weighted by Crippen LogP contribution is -2.57. The van der Waals surface area contributed by atoms with E-state index in [-0.39, 0.29) is 5.75 Å². The monoisotopic (exact) mass is 286 g/mol. The summed E-state index contributed by atoms with van der Waals surface area (Å²) in [6.45, 7) is 6.42. The van der Waals surface area contributed by atoms with Crippen molar-refractivity contribution in [3.63, 3.8) is 0 Å². The Hall–Kier alpha value is -1.11. The Bertz CT molecular complexity index is 545. The molecule has 5 nitrogen and oxygen atoms in total. The van der Waals surface area contributed by atoms with Crippen molar-refractivity contribution in [2.45, 2.75) is 44.6 Å². The van der Waals surface area contributed by atoms with Gasteiger partial charge in [-0.15, -0.1) is 0 Å². The molecule has 0 aromatic heterocycles. The van der Waals surface area contributed by atoms with Gasteiger partial charge in [0.15, 0.2) is 0 Å². The van der Waals surface area contributed by atoms with Crippen LogP contribution >= 0.6 is 0 Å². The van der Waals surface area contributed by atoms with E-state index in [1.54, 1.807) is 52.0 Å². The number of nitrogens with one attached hydrogen (secondary N) is 1. The van der Waals surface area contributed by atoms with Gasteiger partial charge in [-0.05, 0) is 45.4 Å². The summed E-state index contributed by atoms with van der Waals surface area (Å²) in [6, 6.07) is 6.73. The standard InChI is InChI=1S/C13H22N2O3S/c1-12(2,13(3,4)16)15-19(17,18)9-10-6-5-7-11(14)8-10/h5-8,15-16H,9,14H2,1-4H3. The Morgan fingerprint density at radius 1 is 1.26 bits per heavy atom. The van der Waals surface area contributed by atoms with E-state index in [9.17, 15) is 13.5 Å². The average molecular weight is 286 g/mol. The molecule has 0 aliphatic heterocycles. The highest BCUT2D eigenvalue weighted by Crippen LogP contribution is 2.22. The van der Waals surface area contributed by atoms with E-state index in [1.807, 2.05) is 0 Å². The van der Waals surface area contributed by atoms with Crippen LogP contribution in [-0.4, -0.2) is 24.7 Å². The van der Waals surface area contributed by atoms with Crippen LogP contribution in [0.4, 0.5) is 5.69 Å². The van der Waals surface area contributed by atoms with Crippen LogP contribution in [0.2, 0.25) is 0 Å². The lowest BCUT2D eigenvalue weighted by atomic mass is 9.87. The molecule has 0 aliphatic rings. The third-order valence-electron chi connectivity index (χ3n) is 3.25. The Labute approximate surface area is 114 Å². The smallest absolute Gasteiger partial charge is 0.216 e. The minimum Gasteiger partial charge on any atom is -0.399 e. The maximum atomic E-state index is 12.1. The molecule has 0 heterocycles. The fraction of sp³-hybridized carbons (Fsp3) is 0.538. The van der Waals surface area contributed by atoms with Crippen molar-refractivity contribution < 1.29 is 13.5 Å². The largest absolute Gasteiger partial charge is 0.399 e. The zero-order valence-electron chi connectivity index (χ0n) is 11.8. The van der Waals surface area contributed by atoms with E-state index in [1.165, 1.54) is 0 Å². The summed E-state index contributed by atoms with van der Waals surface area (Å²) in [4.78, 5) is 0. The van der Waals surface area contributed by atoms with Crippen molar-refractivity contribution in [3.8, 4) is 0 Å². The summed E-state index contributed by atoms with van der Waals surface area (Å²) >= 11 is 0. The van der Waals surface area contributed by atoms with Gasteiger partial charge in [0.2, 0.25) is 10.0 Å². The molecule has 4 N–H and O–H groups in total. The molecule has 1 aromatic carbocycles. The molecule has 1 aromatic rings. The first kappa shape index (κ1) is 15.9. The van der Waals surface area contributed by atoms with E-state index in [0.717, 1.165) is 0 Å². The van der Waals surface area contributed by atoms with Gasteiger partial charge < -0.3 is 10.8 Å². The predicted molar refractivity (Wildman–Crippen MR) is 77.0 cm³/mol. The maximum Gasteiger partial charge on any atom is 0.216 e. The van der Waals surface area contributed by atoms with E-state index in [2.05, 4.69) is 4.72 Å². The predicted octanol–water partition coefficient (Wildman–Crippen LogP) is 1.24. The van der Waals surface area contributed by atoms with Gasteiger partial charge in [-0.25, -0.2) is 13.1 Å². The van der Waals surface area contributed by atoms with Crippen LogP contribution < -0.4 is 10.5 Å². The van der Waals surface area contributed by atoms with Crippen LogP contribution in [-0.2, 0) is 15.8 Å². The van der Waals surface area contributed by atoms with Gasteiger partial charge in [-0.1, -0.05) is 12.1 Å². The third kappa shape index (κ3) is 4.49. The normalized spacial score (nSPS) is 13.5. The second kappa shape index (κ2) is 5.11. The van der Waals surface area contributed by atoms with Crippen molar-refractivity contribution in [2.75, 3.05) is 5.73 Å². The van der Waals surface area contributed by atoms with Crippen LogP contribution in [0.15, 0.2) is 24.3 Å². The van der Waals surface area contributed by atoms with Gasteiger partial charge in [-0.3, -0.25) is 0 Å². The van der Waals surface area contributed by atoms with Crippen LogP contribution in [0.1, 0.15) is 33.3 Å². The second-order valence-electron chi connectivity index (χ2n) is 5.79. The molecule has 0 saturated heterocycles. The van der Waals surface area contributed by atoms with Gasteiger partial charge in [-0.2, -0.15) is 0 Å². The number of benzene rings is 1. The molecule has 0 spiro atoms. The highest BCUT2D eigenvalue weighted by atomic mass is 32.2. The summed E-state index contributed by atoms with van der Waals surface area (Å²) in [5.41, 5.74) is 4.61. The summed E-state index contributed by atoms with van der Waals surface area (Å²) < 4.78 is 26.7. The molecule has 0 amide bonds. The molecule has 0 radical (unpaired) electrons. The van der Waals surface area contributed by atoms with Gasteiger partial charge in [0.25, 0.3) is 0 Å². The van der Waals surface area contributed by atoms with E-state index in [4.69, 9.17) is 5.73 Å². The average Bonchev–Trinajstić information content (AvgIpc) is 2.12. The molecule has 0 bridgehead atoms. The van der Waals surface area contributed by atoms with Crippen molar-refractivity contribution in [1.29, 1.82) is 0 Å². The maximum absolute atomic E-state index is 12.1. The van der Waals surface area contributed by atoms with Gasteiger partial charge in [0.05, 0.1) is 16.9 Å². The highest BCUT2D eigenvalue weighted by molar-refractivity contribution is 7.88. The quantitative estimate of drug-likeness (QED) is 0.710. The molecule has 0 unspecified atom stereocenters. The summed E-state index contributed by atoms with van der Waals surface area (Å²) in [6.07, 6.45) is 0. The Morgan fingerprint density at radius 2 is 1.84 bits per heavy atom. The van der Waals surface area contributed by atoms with Crippen LogP contribution in [0.3, 0.4) is 0 Å². The molecule has 6 heteroatoms. The molecule has 0 atom stereocenters. The zero-order chi connectivity index (χ0) is 14.9. The third-order valence-corrected chi connectivity index (χ3v) is 4.78. The SMILES string of the molecule is CC(C)(O)C(C)(C)NS(=O)(=O)Cc1cccc(N)c1. The summed E-state index contributed by atoms with van der Waals surface area (Å²) in [5, 5.41) is 9.97. The van der Waals surface area contributed by atoms with E-state index >= 15 is 0 Å². The number of rotatable bonds is 5. The number of nitrogen functional groups attached to an aromatic ring is 1. The molecule has 0 fully saturated rings. The molecular weight excluding hydrogens is 264 g/mol. The lowest BCUT2D eigenvalue weighted by molar-refractivity contribution is 0.00636. The molecular formula is C13H22N2O3S. The van der Waals surface area contributed by atoms with Gasteiger partial charge in [0, 0.05) is 5.69 Å². The van der Waals surface area contributed by atoms with E-state index < -0.39 is 21.2 Å². The number of aliphatic hydroxyl groups is 1. The molecule has 1 rings (SSSR count). The molecule has 108 valence electrons. The first-order valence-electron chi connectivity index (χ1n) is 6.01. The zero-order valence-corrected chi connectivity index (χ0v) is 12.6. The number of nitrogens with two attached hydrogens (primary N) is 1. The van der Waals surface area contributed by atoms with Crippen LogP contribution in [0, 0.1) is 0 Å². The molecule has 19 heavy (non-hydrogen) atoms.